The molecule has 2 aromatic rings. The van der Waals surface area contributed by atoms with Crippen molar-refractivity contribution in [2.24, 2.45) is 0 Å². The van der Waals surface area contributed by atoms with Crippen LogP contribution >= 0.6 is 27.5 Å². The van der Waals surface area contributed by atoms with Gasteiger partial charge in [0.15, 0.2) is 6.61 Å². The van der Waals surface area contributed by atoms with Gasteiger partial charge in [-0.2, -0.15) is 0 Å². The van der Waals surface area contributed by atoms with Crippen LogP contribution in [0.25, 0.3) is 0 Å². The molecule has 132 valence electrons. The van der Waals surface area contributed by atoms with Crippen molar-refractivity contribution in [1.29, 1.82) is 0 Å². The van der Waals surface area contributed by atoms with Gasteiger partial charge < -0.3 is 15.0 Å². The van der Waals surface area contributed by atoms with E-state index in [4.69, 9.17) is 16.3 Å². The van der Waals surface area contributed by atoms with Gasteiger partial charge in [0.1, 0.15) is 5.75 Å². The summed E-state index contributed by atoms with van der Waals surface area (Å²) in [5.74, 6) is 0.398. The molecule has 2 aromatic carbocycles. The first-order valence-corrected chi connectivity index (χ1v) is 9.52. The zero-order valence-electron chi connectivity index (χ0n) is 13.8. The number of carbonyl (C=O) groups is 1. The standard InChI is InChI=1S/C19H20BrClN2O2/c20-15-12-14(21)8-9-18(15)25-13-19(24)22-16-6-2-3-7-17(16)23-10-4-1-5-11-23/h2-3,6-9,12H,1,4-5,10-11,13H2,(H,22,24). The minimum absolute atomic E-state index is 0.0609. The molecular weight excluding hydrogens is 404 g/mol. The van der Waals surface area contributed by atoms with Gasteiger partial charge in [-0.3, -0.25) is 4.79 Å². The van der Waals surface area contributed by atoms with Crippen molar-refractivity contribution >= 4 is 44.8 Å². The Labute approximate surface area is 161 Å². The topological polar surface area (TPSA) is 41.6 Å². The fourth-order valence-corrected chi connectivity index (χ4v) is 3.71. The third-order valence-electron chi connectivity index (χ3n) is 4.13. The van der Waals surface area contributed by atoms with Crippen molar-refractivity contribution in [3.63, 3.8) is 0 Å². The third-order valence-corrected chi connectivity index (χ3v) is 4.98. The maximum Gasteiger partial charge on any atom is 0.262 e. The summed E-state index contributed by atoms with van der Waals surface area (Å²) in [4.78, 5) is 14.6. The number of hydrogen-bond acceptors (Lipinski definition) is 3. The van der Waals surface area contributed by atoms with Crippen LogP contribution in [0.4, 0.5) is 11.4 Å². The Balaban J connectivity index is 1.63. The highest BCUT2D eigenvalue weighted by atomic mass is 79.9. The van der Waals surface area contributed by atoms with Gasteiger partial charge in [0.25, 0.3) is 5.91 Å². The molecule has 6 heteroatoms. The summed E-state index contributed by atoms with van der Waals surface area (Å²) < 4.78 is 6.30. The molecule has 0 radical (unpaired) electrons. The van der Waals surface area contributed by atoms with Gasteiger partial charge in [-0.25, -0.2) is 0 Å². The highest BCUT2D eigenvalue weighted by Gasteiger charge is 2.15. The van der Waals surface area contributed by atoms with E-state index in [0.717, 1.165) is 28.9 Å². The van der Waals surface area contributed by atoms with Crippen LogP contribution in [-0.4, -0.2) is 25.6 Å². The molecule has 0 unspecified atom stereocenters. The van der Waals surface area contributed by atoms with Crippen LogP contribution in [0, 0.1) is 0 Å². The van der Waals surface area contributed by atoms with Gasteiger partial charge in [-0.1, -0.05) is 23.7 Å². The van der Waals surface area contributed by atoms with Crippen molar-refractivity contribution in [3.05, 3.63) is 52.0 Å². The van der Waals surface area contributed by atoms with Crippen molar-refractivity contribution in [3.8, 4) is 5.75 Å². The van der Waals surface area contributed by atoms with Crippen molar-refractivity contribution in [1.82, 2.24) is 0 Å². The van der Waals surface area contributed by atoms with Gasteiger partial charge in [-0.15, -0.1) is 0 Å². The zero-order valence-corrected chi connectivity index (χ0v) is 16.1. The predicted octanol–water partition coefficient (Wildman–Crippen LogP) is 5.11. The van der Waals surface area contributed by atoms with E-state index < -0.39 is 0 Å². The Hall–Kier alpha value is -1.72. The molecule has 1 amide bonds. The molecule has 1 fully saturated rings. The van der Waals surface area contributed by atoms with Crippen LogP contribution in [0.2, 0.25) is 5.02 Å². The molecule has 0 saturated carbocycles. The summed E-state index contributed by atoms with van der Waals surface area (Å²) in [6.45, 7) is 2.00. The summed E-state index contributed by atoms with van der Waals surface area (Å²) in [5.41, 5.74) is 1.90. The Morgan fingerprint density at radius 2 is 1.92 bits per heavy atom. The molecule has 0 bridgehead atoms. The lowest BCUT2D eigenvalue weighted by molar-refractivity contribution is -0.118. The lowest BCUT2D eigenvalue weighted by atomic mass is 10.1. The molecule has 0 aromatic heterocycles. The van der Waals surface area contributed by atoms with Crippen molar-refractivity contribution in [2.45, 2.75) is 19.3 Å². The van der Waals surface area contributed by atoms with E-state index in [2.05, 4.69) is 32.2 Å². The summed E-state index contributed by atoms with van der Waals surface area (Å²) >= 11 is 9.29. The quantitative estimate of drug-likeness (QED) is 0.726. The van der Waals surface area contributed by atoms with E-state index in [0.29, 0.717) is 10.8 Å². The zero-order chi connectivity index (χ0) is 17.6. The lowest BCUT2D eigenvalue weighted by Gasteiger charge is -2.30. The minimum Gasteiger partial charge on any atom is -0.483 e. The molecule has 1 saturated heterocycles. The Morgan fingerprint density at radius 3 is 2.68 bits per heavy atom. The summed E-state index contributed by atoms with van der Waals surface area (Å²) in [7, 11) is 0. The highest BCUT2D eigenvalue weighted by molar-refractivity contribution is 9.10. The monoisotopic (exact) mass is 422 g/mol. The number of piperidine rings is 1. The molecule has 0 atom stereocenters. The molecule has 1 aliphatic rings. The van der Waals surface area contributed by atoms with Crippen molar-refractivity contribution < 1.29 is 9.53 Å². The van der Waals surface area contributed by atoms with Gasteiger partial charge in [0, 0.05) is 18.1 Å². The van der Waals surface area contributed by atoms with Gasteiger partial charge >= 0.3 is 0 Å². The van der Waals surface area contributed by atoms with Gasteiger partial charge in [-0.05, 0) is 65.5 Å². The second-order valence-corrected chi connectivity index (χ2v) is 7.27. The number of ether oxygens (including phenoxy) is 1. The summed E-state index contributed by atoms with van der Waals surface area (Å²) in [5, 5.41) is 3.57. The van der Waals surface area contributed by atoms with E-state index >= 15 is 0 Å². The van der Waals surface area contributed by atoms with Crippen LogP contribution in [0.3, 0.4) is 0 Å². The number of anilines is 2. The molecule has 1 heterocycles. The first kappa shape index (κ1) is 18.1. The smallest absolute Gasteiger partial charge is 0.262 e. The van der Waals surface area contributed by atoms with Crippen LogP contribution in [-0.2, 0) is 4.79 Å². The molecule has 4 nitrogen and oxygen atoms in total. The van der Waals surface area contributed by atoms with E-state index in [1.807, 2.05) is 18.2 Å². The number of carbonyl (C=O) groups excluding carboxylic acids is 1. The molecule has 1 aliphatic heterocycles. The fraction of sp³-hybridized carbons (Fsp3) is 0.316. The Kier molecular flexibility index (Phi) is 6.21. The molecule has 1 N–H and O–H groups in total. The number of hydrogen-bond donors (Lipinski definition) is 1. The number of para-hydroxylation sites is 2. The lowest BCUT2D eigenvalue weighted by Crippen LogP contribution is -2.30. The normalized spacial score (nSPS) is 14.2. The summed E-state index contributed by atoms with van der Waals surface area (Å²) in [6, 6.07) is 13.1. The SMILES string of the molecule is O=C(COc1ccc(Cl)cc1Br)Nc1ccccc1N1CCCCC1. The number of halogens is 2. The average Bonchev–Trinajstić information content (AvgIpc) is 2.62. The number of nitrogens with zero attached hydrogens (tertiary/aromatic N) is 1. The number of amides is 1. The molecule has 0 aliphatic carbocycles. The van der Waals surface area contributed by atoms with Gasteiger partial charge in [0.2, 0.25) is 0 Å². The fourth-order valence-electron chi connectivity index (χ4n) is 2.91. The van der Waals surface area contributed by atoms with Crippen molar-refractivity contribution in [2.75, 3.05) is 29.9 Å². The minimum atomic E-state index is -0.189. The maximum atomic E-state index is 12.3. The van der Waals surface area contributed by atoms with E-state index in [-0.39, 0.29) is 12.5 Å². The van der Waals surface area contributed by atoms with Gasteiger partial charge in [0.05, 0.1) is 15.8 Å². The first-order chi connectivity index (χ1) is 12.1. The van der Waals surface area contributed by atoms with E-state index in [9.17, 15) is 4.79 Å². The van der Waals surface area contributed by atoms with Crippen LogP contribution in [0.1, 0.15) is 19.3 Å². The molecular formula is C19H20BrClN2O2. The maximum absolute atomic E-state index is 12.3. The Morgan fingerprint density at radius 1 is 1.16 bits per heavy atom. The first-order valence-electron chi connectivity index (χ1n) is 8.35. The van der Waals surface area contributed by atoms with Crippen LogP contribution < -0.4 is 15.0 Å². The predicted molar refractivity (Wildman–Crippen MR) is 106 cm³/mol. The number of rotatable bonds is 5. The largest absolute Gasteiger partial charge is 0.483 e. The number of benzene rings is 2. The second-order valence-electron chi connectivity index (χ2n) is 5.98. The average molecular weight is 424 g/mol. The Bertz CT molecular complexity index is 748. The third kappa shape index (κ3) is 4.89. The number of nitrogens with one attached hydrogen (secondary N) is 1. The van der Waals surface area contributed by atoms with E-state index in [1.54, 1.807) is 18.2 Å². The van der Waals surface area contributed by atoms with Crippen LogP contribution in [0.15, 0.2) is 46.9 Å². The van der Waals surface area contributed by atoms with E-state index in [1.165, 1.54) is 19.3 Å². The van der Waals surface area contributed by atoms with Crippen LogP contribution in [0.5, 0.6) is 5.75 Å². The molecule has 3 rings (SSSR count). The summed E-state index contributed by atoms with van der Waals surface area (Å²) in [6.07, 6.45) is 3.65. The highest BCUT2D eigenvalue weighted by Crippen LogP contribution is 2.29. The molecule has 25 heavy (non-hydrogen) atoms. The molecule has 0 spiro atoms. The second kappa shape index (κ2) is 8.59.